The van der Waals surface area contributed by atoms with E-state index >= 15 is 0 Å². The molecule has 0 aliphatic heterocycles. The maximum absolute atomic E-state index is 11.6. The van der Waals surface area contributed by atoms with Crippen molar-refractivity contribution >= 4 is 12.3 Å². The summed E-state index contributed by atoms with van der Waals surface area (Å²) in [6.07, 6.45) is 4.26. The van der Waals surface area contributed by atoms with Crippen molar-refractivity contribution in [3.8, 4) is 0 Å². The second-order valence-corrected chi connectivity index (χ2v) is 5.03. The van der Waals surface area contributed by atoms with Crippen LogP contribution in [0.25, 0.3) is 0 Å². The first-order chi connectivity index (χ1) is 8.33. The van der Waals surface area contributed by atoms with Crippen LogP contribution in [0, 0.1) is 0 Å². The van der Waals surface area contributed by atoms with E-state index in [0.717, 1.165) is 0 Å². The molecule has 1 heterocycles. The maximum atomic E-state index is 11.6. The third-order valence-corrected chi connectivity index (χ3v) is 2.24. The molecule has 2 N–H and O–H groups in total. The van der Waals surface area contributed by atoms with E-state index in [-0.39, 0.29) is 0 Å². The van der Waals surface area contributed by atoms with Crippen molar-refractivity contribution in [1.82, 2.24) is 9.55 Å². The van der Waals surface area contributed by atoms with Crippen LogP contribution in [0.15, 0.2) is 12.4 Å². The third-order valence-electron chi connectivity index (χ3n) is 2.24. The first-order valence-corrected chi connectivity index (χ1v) is 5.78. The SMILES string of the molecule is CC(C)(C)OC(=O)C(N)CCn1ccnc1C=O. The van der Waals surface area contributed by atoms with Crippen molar-refractivity contribution in [3.05, 3.63) is 18.2 Å². The minimum atomic E-state index is -0.703. The van der Waals surface area contributed by atoms with Crippen LogP contribution in [-0.4, -0.2) is 33.4 Å². The number of carbonyl (C=O) groups is 2. The van der Waals surface area contributed by atoms with Gasteiger partial charge in [-0.25, -0.2) is 4.98 Å². The molecule has 1 aromatic rings. The molecular formula is C12H19N3O3. The number of hydrogen-bond acceptors (Lipinski definition) is 5. The number of aryl methyl sites for hydroxylation is 1. The molecule has 0 aromatic carbocycles. The Bertz CT molecular complexity index is 420. The number of aromatic nitrogens is 2. The van der Waals surface area contributed by atoms with Gasteiger partial charge in [0.2, 0.25) is 0 Å². The first kappa shape index (κ1) is 14.4. The Balaban J connectivity index is 2.48. The molecule has 18 heavy (non-hydrogen) atoms. The van der Waals surface area contributed by atoms with E-state index in [1.165, 1.54) is 6.20 Å². The van der Waals surface area contributed by atoms with Gasteiger partial charge in [0.25, 0.3) is 0 Å². The minimum Gasteiger partial charge on any atom is -0.459 e. The Hall–Kier alpha value is -1.69. The molecule has 1 unspecified atom stereocenters. The molecule has 0 bridgehead atoms. The van der Waals surface area contributed by atoms with E-state index < -0.39 is 17.6 Å². The Morgan fingerprint density at radius 1 is 1.61 bits per heavy atom. The average Bonchev–Trinajstić information content (AvgIpc) is 2.70. The smallest absolute Gasteiger partial charge is 0.323 e. The first-order valence-electron chi connectivity index (χ1n) is 5.78. The van der Waals surface area contributed by atoms with E-state index in [2.05, 4.69) is 4.98 Å². The number of aldehydes is 1. The Labute approximate surface area is 106 Å². The summed E-state index contributed by atoms with van der Waals surface area (Å²) in [7, 11) is 0. The largest absolute Gasteiger partial charge is 0.459 e. The lowest BCUT2D eigenvalue weighted by atomic mass is 10.1. The molecule has 6 heteroatoms. The van der Waals surface area contributed by atoms with Gasteiger partial charge in [0.1, 0.15) is 11.6 Å². The molecule has 6 nitrogen and oxygen atoms in total. The summed E-state index contributed by atoms with van der Waals surface area (Å²) in [5, 5.41) is 0. The van der Waals surface area contributed by atoms with Crippen LogP contribution in [-0.2, 0) is 16.1 Å². The number of ether oxygens (including phenoxy) is 1. The number of rotatable bonds is 5. The molecule has 0 radical (unpaired) electrons. The van der Waals surface area contributed by atoms with Gasteiger partial charge in [-0.2, -0.15) is 0 Å². The summed E-state index contributed by atoms with van der Waals surface area (Å²) in [6, 6.07) is -0.703. The van der Waals surface area contributed by atoms with Crippen molar-refractivity contribution in [2.24, 2.45) is 5.73 Å². The molecule has 0 aliphatic rings. The zero-order valence-electron chi connectivity index (χ0n) is 10.9. The summed E-state index contributed by atoms with van der Waals surface area (Å²) in [6.45, 7) is 5.82. The summed E-state index contributed by atoms with van der Waals surface area (Å²) in [5.74, 6) is -0.110. The fourth-order valence-electron chi connectivity index (χ4n) is 1.40. The van der Waals surface area contributed by atoms with Crippen molar-refractivity contribution in [1.29, 1.82) is 0 Å². The molecule has 0 fully saturated rings. The monoisotopic (exact) mass is 253 g/mol. The van der Waals surface area contributed by atoms with Crippen LogP contribution < -0.4 is 5.73 Å². The topological polar surface area (TPSA) is 87.2 Å². The highest BCUT2D eigenvalue weighted by Gasteiger charge is 2.22. The van der Waals surface area contributed by atoms with Gasteiger partial charge in [-0.1, -0.05) is 0 Å². The molecule has 0 amide bonds. The predicted octanol–water partition coefficient (Wildman–Crippen LogP) is 0.755. The van der Waals surface area contributed by atoms with Crippen molar-refractivity contribution in [3.63, 3.8) is 0 Å². The summed E-state index contributed by atoms with van der Waals surface area (Å²) >= 11 is 0. The molecule has 1 rings (SSSR count). The van der Waals surface area contributed by atoms with E-state index in [1.807, 2.05) is 0 Å². The van der Waals surface area contributed by atoms with Crippen LogP contribution in [0.4, 0.5) is 0 Å². The van der Waals surface area contributed by atoms with E-state index in [1.54, 1.807) is 31.5 Å². The molecule has 0 saturated heterocycles. The highest BCUT2D eigenvalue weighted by atomic mass is 16.6. The van der Waals surface area contributed by atoms with Gasteiger partial charge >= 0.3 is 5.97 Å². The fraction of sp³-hybridized carbons (Fsp3) is 0.583. The van der Waals surface area contributed by atoms with Crippen molar-refractivity contribution in [2.45, 2.75) is 45.4 Å². The summed E-state index contributed by atoms with van der Waals surface area (Å²) < 4.78 is 6.82. The Kier molecular flexibility index (Phi) is 4.61. The quantitative estimate of drug-likeness (QED) is 0.618. The van der Waals surface area contributed by atoms with Crippen molar-refractivity contribution < 1.29 is 14.3 Å². The van der Waals surface area contributed by atoms with Crippen LogP contribution >= 0.6 is 0 Å². The summed E-state index contributed by atoms with van der Waals surface area (Å²) in [4.78, 5) is 26.1. The maximum Gasteiger partial charge on any atom is 0.323 e. The second kappa shape index (κ2) is 5.77. The number of nitrogens with two attached hydrogens (primary N) is 1. The van der Waals surface area contributed by atoms with Gasteiger partial charge in [0, 0.05) is 18.9 Å². The molecule has 1 aromatic heterocycles. The lowest BCUT2D eigenvalue weighted by molar-refractivity contribution is -0.156. The fourth-order valence-corrected chi connectivity index (χ4v) is 1.40. The predicted molar refractivity (Wildman–Crippen MR) is 66.1 cm³/mol. The molecule has 1 atom stereocenters. The van der Waals surface area contributed by atoms with E-state index in [9.17, 15) is 9.59 Å². The molecular weight excluding hydrogens is 234 g/mol. The zero-order chi connectivity index (χ0) is 13.8. The highest BCUT2D eigenvalue weighted by Crippen LogP contribution is 2.09. The average molecular weight is 253 g/mol. The Morgan fingerprint density at radius 2 is 2.28 bits per heavy atom. The standard InChI is InChI=1S/C12H19N3O3/c1-12(2,3)18-11(17)9(13)4-6-15-7-5-14-10(15)8-16/h5,7-9H,4,6,13H2,1-3H3. The molecule has 0 aliphatic carbocycles. The normalized spacial score (nSPS) is 13.1. The number of imidazole rings is 1. The highest BCUT2D eigenvalue weighted by molar-refractivity contribution is 5.75. The van der Waals surface area contributed by atoms with Gasteiger partial charge < -0.3 is 15.0 Å². The number of carbonyl (C=O) groups excluding carboxylic acids is 2. The van der Waals surface area contributed by atoms with Crippen molar-refractivity contribution in [2.75, 3.05) is 0 Å². The molecule has 0 saturated carbocycles. The Morgan fingerprint density at radius 3 is 2.83 bits per heavy atom. The summed E-state index contributed by atoms with van der Waals surface area (Å²) in [5.41, 5.74) is 5.19. The number of esters is 1. The zero-order valence-corrected chi connectivity index (χ0v) is 10.9. The van der Waals surface area contributed by atoms with Crippen LogP contribution in [0.3, 0.4) is 0 Å². The van der Waals surface area contributed by atoms with Gasteiger partial charge in [0.15, 0.2) is 12.1 Å². The number of hydrogen-bond donors (Lipinski definition) is 1. The van der Waals surface area contributed by atoms with Gasteiger partial charge in [-0.15, -0.1) is 0 Å². The van der Waals surface area contributed by atoms with Crippen LogP contribution in [0.1, 0.15) is 37.8 Å². The molecule has 100 valence electrons. The van der Waals surface area contributed by atoms with Gasteiger partial charge in [-0.05, 0) is 27.2 Å². The van der Waals surface area contributed by atoms with Gasteiger partial charge in [0.05, 0.1) is 0 Å². The van der Waals surface area contributed by atoms with Crippen LogP contribution in [0.5, 0.6) is 0 Å². The van der Waals surface area contributed by atoms with Gasteiger partial charge in [-0.3, -0.25) is 9.59 Å². The minimum absolute atomic E-state index is 0.325. The number of nitrogens with zero attached hydrogens (tertiary/aromatic N) is 2. The van der Waals surface area contributed by atoms with E-state index in [0.29, 0.717) is 25.1 Å². The van der Waals surface area contributed by atoms with E-state index in [4.69, 9.17) is 10.5 Å². The van der Waals surface area contributed by atoms with Crippen LogP contribution in [0.2, 0.25) is 0 Å². The third kappa shape index (κ3) is 4.29. The molecule has 0 spiro atoms. The second-order valence-electron chi connectivity index (χ2n) is 5.03. The lowest BCUT2D eigenvalue weighted by Gasteiger charge is -2.22. The lowest BCUT2D eigenvalue weighted by Crippen LogP contribution is -2.38.